The topological polar surface area (TPSA) is 77.5 Å². The molecule has 5 nitrogen and oxygen atoms in total. The molecule has 3 aromatic carbocycles. The van der Waals surface area contributed by atoms with Crippen LogP contribution < -0.4 is 0 Å². The first kappa shape index (κ1) is 30.9. The Morgan fingerprint density at radius 2 is 1.11 bits per heavy atom. The molecule has 1 unspecified atom stereocenters. The van der Waals surface area contributed by atoms with E-state index in [1.807, 2.05) is 24.3 Å². The second-order valence-electron chi connectivity index (χ2n) is 7.93. The number of unbranched alkanes of at least 4 members (excludes halogenated alkanes) is 2. The Morgan fingerprint density at radius 3 is 1.58 bits per heavy atom. The Labute approximate surface area is 232 Å². The van der Waals surface area contributed by atoms with Crippen LogP contribution >= 0.6 is 45.5 Å². The molecule has 0 saturated heterocycles. The summed E-state index contributed by atoms with van der Waals surface area (Å²) >= 11 is 17.2. The minimum absolute atomic E-state index is 0.0589. The van der Waals surface area contributed by atoms with Gasteiger partial charge in [0, 0.05) is 25.8 Å². The molecule has 0 heterocycles. The van der Waals surface area contributed by atoms with E-state index >= 15 is 0 Å². The van der Waals surface area contributed by atoms with E-state index in [0.29, 0.717) is 16.5 Å². The SMILES string of the molecule is CC(CCCCCc1ccc(Cl)cc1)OS(=O)(=O)c1ccc(Cl)cc1.O=S(=O)(Cl)c1ccc(Cl)cc1. The normalized spacial score (nSPS) is 12.5. The van der Waals surface area contributed by atoms with Crippen molar-refractivity contribution in [3.63, 3.8) is 0 Å². The number of aryl methyl sites for hydroxylation is 1. The molecule has 0 fully saturated rings. The third-order valence-electron chi connectivity index (χ3n) is 4.98. The van der Waals surface area contributed by atoms with E-state index in [-0.39, 0.29) is 15.9 Å². The fraction of sp³-hybridized carbons (Fsp3) is 0.280. The van der Waals surface area contributed by atoms with E-state index < -0.39 is 19.2 Å². The summed E-state index contributed by atoms with van der Waals surface area (Å²) in [5.41, 5.74) is 1.26. The average molecular weight is 612 g/mol. The highest BCUT2D eigenvalue weighted by Crippen LogP contribution is 2.20. The van der Waals surface area contributed by atoms with E-state index in [1.54, 1.807) is 19.1 Å². The van der Waals surface area contributed by atoms with Gasteiger partial charge in [0.2, 0.25) is 0 Å². The number of hydrogen-bond acceptors (Lipinski definition) is 5. The van der Waals surface area contributed by atoms with Crippen LogP contribution in [-0.4, -0.2) is 22.9 Å². The zero-order valence-electron chi connectivity index (χ0n) is 19.4. The average Bonchev–Trinajstić information content (AvgIpc) is 2.80. The minimum atomic E-state index is -3.74. The van der Waals surface area contributed by atoms with Crippen molar-refractivity contribution >= 4 is 64.7 Å². The van der Waals surface area contributed by atoms with Crippen molar-refractivity contribution in [1.29, 1.82) is 0 Å². The Hall–Kier alpha value is -1.32. The number of rotatable bonds is 10. The first-order chi connectivity index (χ1) is 16.9. The van der Waals surface area contributed by atoms with E-state index in [4.69, 9.17) is 49.7 Å². The molecule has 0 N–H and O–H groups in total. The second-order valence-corrected chi connectivity index (χ2v) is 13.4. The quantitative estimate of drug-likeness (QED) is 0.131. The fourth-order valence-corrected chi connectivity index (χ4v) is 5.36. The molecule has 0 radical (unpaired) electrons. The molecule has 1 atom stereocenters. The van der Waals surface area contributed by atoms with E-state index in [2.05, 4.69) is 0 Å². The van der Waals surface area contributed by atoms with Crippen molar-refractivity contribution in [3.8, 4) is 0 Å². The Morgan fingerprint density at radius 1 is 0.667 bits per heavy atom. The molecule has 3 rings (SSSR count). The molecule has 0 aromatic heterocycles. The van der Waals surface area contributed by atoms with Gasteiger partial charge in [-0.3, -0.25) is 4.18 Å². The van der Waals surface area contributed by atoms with Gasteiger partial charge < -0.3 is 0 Å². The predicted molar refractivity (Wildman–Crippen MR) is 147 cm³/mol. The molecule has 3 aromatic rings. The third-order valence-corrected chi connectivity index (χ3v) is 8.53. The summed E-state index contributed by atoms with van der Waals surface area (Å²) < 4.78 is 50.9. The zero-order valence-corrected chi connectivity index (χ0v) is 24.1. The van der Waals surface area contributed by atoms with Crippen molar-refractivity contribution < 1.29 is 21.0 Å². The highest BCUT2D eigenvalue weighted by Gasteiger charge is 2.18. The van der Waals surface area contributed by atoms with Crippen molar-refractivity contribution in [2.45, 2.75) is 54.9 Å². The summed E-state index contributed by atoms with van der Waals surface area (Å²) in [6.45, 7) is 1.78. The van der Waals surface area contributed by atoms with Crippen LogP contribution in [0.1, 0.15) is 38.2 Å². The van der Waals surface area contributed by atoms with Gasteiger partial charge in [0.1, 0.15) is 0 Å². The Kier molecular flexibility index (Phi) is 12.5. The monoisotopic (exact) mass is 610 g/mol. The number of hydrogen-bond donors (Lipinski definition) is 0. The molecule has 0 saturated carbocycles. The van der Waals surface area contributed by atoms with Gasteiger partial charge in [-0.1, -0.05) is 59.8 Å². The van der Waals surface area contributed by atoms with Gasteiger partial charge in [-0.2, -0.15) is 8.42 Å². The van der Waals surface area contributed by atoms with Gasteiger partial charge in [0.25, 0.3) is 19.2 Å². The highest BCUT2D eigenvalue weighted by molar-refractivity contribution is 8.13. The van der Waals surface area contributed by atoms with Crippen LogP contribution in [0.3, 0.4) is 0 Å². The molecule has 0 bridgehead atoms. The van der Waals surface area contributed by atoms with Gasteiger partial charge in [-0.15, -0.1) is 0 Å². The van der Waals surface area contributed by atoms with Gasteiger partial charge in [-0.25, -0.2) is 8.42 Å². The Balaban J connectivity index is 0.000000346. The van der Waals surface area contributed by atoms with Crippen molar-refractivity contribution in [1.82, 2.24) is 0 Å². The standard InChI is InChI=1S/C19H22Cl2O3S.C6H4Cl2O2S/c1-15(24-25(22,23)19-13-11-18(21)12-14-19)5-3-2-4-6-16-7-9-17(20)10-8-16;7-5-1-3-6(4-2-5)11(8,9)10/h7-15H,2-6H2,1H3;1-4H. The summed E-state index contributed by atoms with van der Waals surface area (Å²) in [6.07, 6.45) is 4.35. The largest absolute Gasteiger partial charge is 0.297 e. The number of benzene rings is 3. The first-order valence-corrected chi connectivity index (χ1v) is 15.9. The first-order valence-electron chi connectivity index (χ1n) is 11.0. The van der Waals surface area contributed by atoms with Crippen LogP contribution in [0.25, 0.3) is 0 Å². The van der Waals surface area contributed by atoms with Crippen LogP contribution in [-0.2, 0) is 29.8 Å². The summed E-state index contributed by atoms with van der Waals surface area (Å²) in [5.74, 6) is 0. The van der Waals surface area contributed by atoms with Gasteiger partial charge >= 0.3 is 0 Å². The molecule has 196 valence electrons. The molecule has 0 amide bonds. The molecule has 0 aliphatic carbocycles. The molecule has 0 aliphatic heterocycles. The van der Waals surface area contributed by atoms with Crippen LogP contribution in [0.4, 0.5) is 0 Å². The van der Waals surface area contributed by atoms with Gasteiger partial charge in [-0.05, 0) is 92.4 Å². The molecule has 11 heteroatoms. The van der Waals surface area contributed by atoms with Crippen molar-refractivity contribution in [3.05, 3.63) is 93.4 Å². The maximum absolute atomic E-state index is 12.2. The maximum atomic E-state index is 12.2. The van der Waals surface area contributed by atoms with E-state index in [1.165, 1.54) is 42.0 Å². The lowest BCUT2D eigenvalue weighted by atomic mass is 10.1. The molecule has 36 heavy (non-hydrogen) atoms. The summed E-state index contributed by atoms with van der Waals surface area (Å²) in [7, 11) is -2.30. The predicted octanol–water partition coefficient (Wildman–Crippen LogP) is 8.16. The smallest absolute Gasteiger partial charge is 0.263 e. The second kappa shape index (κ2) is 14.6. The molecule has 0 aliphatic rings. The van der Waals surface area contributed by atoms with E-state index in [0.717, 1.165) is 30.7 Å². The third kappa shape index (κ3) is 11.4. The van der Waals surface area contributed by atoms with Gasteiger partial charge in [0.05, 0.1) is 15.9 Å². The molecule has 0 spiro atoms. The lowest BCUT2D eigenvalue weighted by Gasteiger charge is -2.13. The van der Waals surface area contributed by atoms with E-state index in [9.17, 15) is 16.8 Å². The molecular weight excluding hydrogens is 586 g/mol. The van der Waals surface area contributed by atoms with Crippen LogP contribution in [0.15, 0.2) is 82.6 Å². The summed E-state index contributed by atoms with van der Waals surface area (Å²) in [4.78, 5) is 0.190. The van der Waals surface area contributed by atoms with Crippen molar-refractivity contribution in [2.24, 2.45) is 0 Å². The van der Waals surface area contributed by atoms with Crippen LogP contribution in [0.2, 0.25) is 15.1 Å². The number of halogens is 4. The maximum Gasteiger partial charge on any atom is 0.297 e. The van der Waals surface area contributed by atoms with Crippen LogP contribution in [0.5, 0.6) is 0 Å². The minimum Gasteiger partial charge on any atom is -0.263 e. The lowest BCUT2D eigenvalue weighted by Crippen LogP contribution is -2.15. The van der Waals surface area contributed by atoms with Gasteiger partial charge in [0.15, 0.2) is 0 Å². The Bertz CT molecular complexity index is 1290. The highest BCUT2D eigenvalue weighted by atomic mass is 35.7. The zero-order chi connectivity index (χ0) is 26.8. The molecular formula is C25H26Cl4O5S2. The summed E-state index contributed by atoms with van der Waals surface area (Å²) in [5, 5.41) is 1.72. The summed E-state index contributed by atoms with van der Waals surface area (Å²) in [6, 6.07) is 19.5. The van der Waals surface area contributed by atoms with Crippen molar-refractivity contribution in [2.75, 3.05) is 0 Å². The van der Waals surface area contributed by atoms with Crippen LogP contribution in [0, 0.1) is 0 Å². The fourth-order valence-electron chi connectivity index (χ4n) is 3.11. The lowest BCUT2D eigenvalue weighted by molar-refractivity contribution is 0.213.